The van der Waals surface area contributed by atoms with Gasteiger partial charge in [0.2, 0.25) is 0 Å². The second-order valence-corrected chi connectivity index (χ2v) is 6.56. The molecular weight excluding hydrogens is 371 g/mol. The molecule has 0 saturated carbocycles. The summed E-state index contributed by atoms with van der Waals surface area (Å²) in [5.74, 6) is 0.718. The monoisotopic (exact) mass is 384 g/mol. The lowest BCUT2D eigenvalue weighted by molar-refractivity contribution is 0.414. The maximum absolute atomic E-state index is 13.2. The van der Waals surface area contributed by atoms with Crippen molar-refractivity contribution in [2.45, 2.75) is 0 Å². The third kappa shape index (κ3) is 2.68. The molecule has 0 fully saturated rings. The number of nitrogens with zero attached hydrogens (tertiary/aromatic N) is 2. The normalized spacial score (nSPS) is 11.0. The van der Waals surface area contributed by atoms with Gasteiger partial charge in [0.05, 0.1) is 39.4 Å². The molecule has 0 bridgehead atoms. The van der Waals surface area contributed by atoms with Crippen LogP contribution in [0.5, 0.6) is 5.75 Å². The average Bonchev–Trinajstić information content (AvgIpc) is 2.95. The van der Waals surface area contributed by atoms with Gasteiger partial charge in [-0.1, -0.05) is 41.4 Å². The Morgan fingerprint density at radius 3 is 2.08 bits per heavy atom. The molecule has 0 saturated heterocycles. The predicted molar refractivity (Wildman–Crippen MR) is 105 cm³/mol. The molecule has 26 heavy (non-hydrogen) atoms. The molecule has 0 spiro atoms. The molecule has 1 heterocycles. The third-order valence-corrected chi connectivity index (χ3v) is 4.93. The molecule has 0 aliphatic heterocycles. The Morgan fingerprint density at radius 1 is 0.808 bits per heavy atom. The predicted octanol–water partition coefficient (Wildman–Crippen LogP) is 5.10. The van der Waals surface area contributed by atoms with Crippen molar-refractivity contribution >= 4 is 34.1 Å². The number of methoxy groups -OCH3 is 1. The molecule has 4 aromatic rings. The molecule has 0 aliphatic carbocycles. The maximum Gasteiger partial charge on any atom is 0.279 e. The van der Waals surface area contributed by atoms with Gasteiger partial charge >= 0.3 is 0 Å². The summed E-state index contributed by atoms with van der Waals surface area (Å²) in [6.07, 6.45) is 0. The van der Waals surface area contributed by atoms with Gasteiger partial charge in [-0.05, 0) is 48.5 Å². The molecule has 0 radical (unpaired) electrons. The van der Waals surface area contributed by atoms with E-state index in [9.17, 15) is 4.79 Å². The van der Waals surface area contributed by atoms with Crippen LogP contribution < -0.4 is 10.3 Å². The number of halogens is 2. The first-order valence-electron chi connectivity index (χ1n) is 7.93. The SMILES string of the molecule is COc1ccc(-n2c(=O)c3cc(Cl)c(Cl)cc3n2-c2ccccc2)cc1. The first kappa shape index (κ1) is 16.8. The lowest BCUT2D eigenvalue weighted by Gasteiger charge is -2.13. The van der Waals surface area contributed by atoms with E-state index in [0.29, 0.717) is 26.6 Å². The molecule has 0 amide bonds. The van der Waals surface area contributed by atoms with Crippen LogP contribution in [0.3, 0.4) is 0 Å². The van der Waals surface area contributed by atoms with Crippen LogP contribution in [0.4, 0.5) is 0 Å². The molecule has 130 valence electrons. The first-order chi connectivity index (χ1) is 12.6. The lowest BCUT2D eigenvalue weighted by Crippen LogP contribution is -2.20. The zero-order valence-corrected chi connectivity index (χ0v) is 15.3. The van der Waals surface area contributed by atoms with Crippen LogP contribution >= 0.6 is 23.2 Å². The summed E-state index contributed by atoms with van der Waals surface area (Å²) < 4.78 is 8.65. The number of aromatic nitrogens is 2. The molecule has 0 unspecified atom stereocenters. The topological polar surface area (TPSA) is 36.2 Å². The molecule has 4 nitrogen and oxygen atoms in total. The largest absolute Gasteiger partial charge is 0.497 e. The minimum absolute atomic E-state index is 0.174. The van der Waals surface area contributed by atoms with Crippen molar-refractivity contribution in [2.75, 3.05) is 7.11 Å². The second kappa shape index (κ2) is 6.56. The molecule has 4 rings (SSSR count). The van der Waals surface area contributed by atoms with E-state index in [-0.39, 0.29) is 5.56 Å². The van der Waals surface area contributed by atoms with Gasteiger partial charge in [-0.15, -0.1) is 0 Å². The van der Waals surface area contributed by atoms with Crippen LogP contribution in [0.1, 0.15) is 0 Å². The van der Waals surface area contributed by atoms with Crippen LogP contribution in [0.2, 0.25) is 10.0 Å². The number of benzene rings is 3. The van der Waals surface area contributed by atoms with Gasteiger partial charge in [0.1, 0.15) is 5.75 Å². The standard InChI is InChI=1S/C20H14Cl2N2O2/c1-26-15-9-7-14(8-10-15)24-20(25)16-11-17(21)18(22)12-19(16)23(24)13-5-3-2-4-6-13/h2-12H,1H3. The van der Waals surface area contributed by atoms with Crippen LogP contribution in [-0.4, -0.2) is 16.5 Å². The van der Waals surface area contributed by atoms with E-state index < -0.39 is 0 Å². The molecule has 3 aromatic carbocycles. The van der Waals surface area contributed by atoms with Crippen LogP contribution in [0, 0.1) is 0 Å². The van der Waals surface area contributed by atoms with E-state index in [2.05, 4.69) is 0 Å². The lowest BCUT2D eigenvalue weighted by atomic mass is 10.2. The van der Waals surface area contributed by atoms with E-state index in [0.717, 1.165) is 11.4 Å². The fourth-order valence-corrected chi connectivity index (χ4v) is 3.30. The van der Waals surface area contributed by atoms with Crippen molar-refractivity contribution in [1.82, 2.24) is 9.36 Å². The van der Waals surface area contributed by atoms with Crippen molar-refractivity contribution < 1.29 is 4.74 Å². The highest BCUT2D eigenvalue weighted by Crippen LogP contribution is 2.29. The summed E-state index contributed by atoms with van der Waals surface area (Å²) in [4.78, 5) is 13.2. The number of fused-ring (bicyclic) bond motifs is 1. The van der Waals surface area contributed by atoms with E-state index in [1.54, 1.807) is 23.9 Å². The Balaban J connectivity index is 2.10. The van der Waals surface area contributed by atoms with Crippen molar-refractivity contribution in [3.05, 3.63) is 87.1 Å². The van der Waals surface area contributed by atoms with Crippen LogP contribution in [0.25, 0.3) is 22.3 Å². The highest BCUT2D eigenvalue weighted by atomic mass is 35.5. The van der Waals surface area contributed by atoms with E-state index >= 15 is 0 Å². The smallest absolute Gasteiger partial charge is 0.279 e. The molecular formula is C20H14Cl2N2O2. The summed E-state index contributed by atoms with van der Waals surface area (Å²) in [5.41, 5.74) is 2.07. The highest BCUT2D eigenvalue weighted by molar-refractivity contribution is 6.42. The molecule has 0 atom stereocenters. The minimum atomic E-state index is -0.174. The molecule has 0 aliphatic rings. The number of hydrogen-bond donors (Lipinski definition) is 0. The van der Waals surface area contributed by atoms with Gasteiger partial charge in [0.25, 0.3) is 5.56 Å². The fourth-order valence-electron chi connectivity index (χ4n) is 2.98. The first-order valence-corrected chi connectivity index (χ1v) is 8.68. The molecule has 6 heteroatoms. The van der Waals surface area contributed by atoms with Crippen molar-refractivity contribution in [3.8, 4) is 17.1 Å². The zero-order chi connectivity index (χ0) is 18.3. The molecule has 1 aromatic heterocycles. The van der Waals surface area contributed by atoms with E-state index in [1.165, 1.54) is 0 Å². The molecule has 0 N–H and O–H groups in total. The van der Waals surface area contributed by atoms with Crippen molar-refractivity contribution in [2.24, 2.45) is 0 Å². The van der Waals surface area contributed by atoms with E-state index in [4.69, 9.17) is 27.9 Å². The Morgan fingerprint density at radius 2 is 1.42 bits per heavy atom. The van der Waals surface area contributed by atoms with Gasteiger partial charge < -0.3 is 4.74 Å². The second-order valence-electron chi connectivity index (χ2n) is 5.75. The third-order valence-electron chi connectivity index (χ3n) is 4.21. The fraction of sp³-hybridized carbons (Fsp3) is 0.0500. The Kier molecular flexibility index (Phi) is 4.23. The van der Waals surface area contributed by atoms with Gasteiger partial charge in [0, 0.05) is 0 Å². The van der Waals surface area contributed by atoms with Gasteiger partial charge in [-0.2, -0.15) is 0 Å². The van der Waals surface area contributed by atoms with E-state index in [1.807, 2.05) is 59.3 Å². The summed E-state index contributed by atoms with van der Waals surface area (Å²) in [7, 11) is 1.60. The zero-order valence-electron chi connectivity index (χ0n) is 13.8. The van der Waals surface area contributed by atoms with Gasteiger partial charge in [-0.25, -0.2) is 9.36 Å². The Labute approximate surface area is 159 Å². The summed E-state index contributed by atoms with van der Waals surface area (Å²) >= 11 is 12.4. The number of ether oxygens (including phenoxy) is 1. The summed E-state index contributed by atoms with van der Waals surface area (Å²) in [6.45, 7) is 0. The van der Waals surface area contributed by atoms with Crippen LogP contribution in [0.15, 0.2) is 71.5 Å². The van der Waals surface area contributed by atoms with Gasteiger partial charge in [-0.3, -0.25) is 4.79 Å². The van der Waals surface area contributed by atoms with Crippen molar-refractivity contribution in [1.29, 1.82) is 0 Å². The quantitative estimate of drug-likeness (QED) is 0.492. The summed E-state index contributed by atoms with van der Waals surface area (Å²) in [6, 6.07) is 20.3. The summed E-state index contributed by atoms with van der Waals surface area (Å²) in [5, 5.41) is 1.25. The Hall–Kier alpha value is -2.69. The number of hydrogen-bond acceptors (Lipinski definition) is 2. The minimum Gasteiger partial charge on any atom is -0.497 e. The van der Waals surface area contributed by atoms with Crippen molar-refractivity contribution in [3.63, 3.8) is 0 Å². The van der Waals surface area contributed by atoms with Gasteiger partial charge in [0.15, 0.2) is 0 Å². The maximum atomic E-state index is 13.2. The highest BCUT2D eigenvalue weighted by Gasteiger charge is 2.18. The number of para-hydroxylation sites is 1. The van der Waals surface area contributed by atoms with Crippen LogP contribution in [-0.2, 0) is 0 Å². The number of rotatable bonds is 3. The average molecular weight is 385 g/mol. The Bertz CT molecular complexity index is 1150.